The van der Waals surface area contributed by atoms with Crippen LogP contribution in [0.25, 0.3) is 0 Å². The molecule has 0 radical (unpaired) electrons. The number of carbonyl (C=O) groups excluding carboxylic acids is 1. The molecule has 0 aliphatic heterocycles. The number of hydrogen-bond acceptors (Lipinski definition) is 5. The predicted molar refractivity (Wildman–Crippen MR) is 90.2 cm³/mol. The number of nitrogens with zero attached hydrogens (tertiary/aromatic N) is 1. The highest BCUT2D eigenvalue weighted by Crippen LogP contribution is 2.27. The lowest BCUT2D eigenvalue weighted by Crippen LogP contribution is -2.10. The van der Waals surface area contributed by atoms with Crippen molar-refractivity contribution >= 4 is 5.97 Å². The number of unbranched alkanes of at least 4 members (excludes halogenated alkanes) is 3. The van der Waals surface area contributed by atoms with Crippen molar-refractivity contribution in [2.75, 3.05) is 19.8 Å². The van der Waals surface area contributed by atoms with E-state index >= 15 is 0 Å². The van der Waals surface area contributed by atoms with Gasteiger partial charge in [0.15, 0.2) is 17.2 Å². The summed E-state index contributed by atoms with van der Waals surface area (Å²) >= 11 is 0. The van der Waals surface area contributed by atoms with Crippen molar-refractivity contribution in [2.45, 2.75) is 59.3 Å². The van der Waals surface area contributed by atoms with Gasteiger partial charge in [0, 0.05) is 6.07 Å². The second-order valence-corrected chi connectivity index (χ2v) is 5.41. The Morgan fingerprint density at radius 3 is 2.09 bits per heavy atom. The van der Waals surface area contributed by atoms with Crippen LogP contribution in [0.2, 0.25) is 0 Å². The molecule has 5 nitrogen and oxygen atoms in total. The van der Waals surface area contributed by atoms with Crippen LogP contribution in [0.15, 0.2) is 12.3 Å². The van der Waals surface area contributed by atoms with E-state index in [1.807, 2.05) is 6.92 Å². The molecule has 1 heterocycles. The summed E-state index contributed by atoms with van der Waals surface area (Å²) in [6.07, 6.45) is 7.40. The molecule has 5 heteroatoms. The molecule has 1 aromatic heterocycles. The van der Waals surface area contributed by atoms with E-state index in [9.17, 15) is 4.79 Å². The van der Waals surface area contributed by atoms with Crippen molar-refractivity contribution in [2.24, 2.45) is 0 Å². The summed E-state index contributed by atoms with van der Waals surface area (Å²) in [5.41, 5.74) is 0.260. The summed E-state index contributed by atoms with van der Waals surface area (Å²) in [6.45, 7) is 7.88. The molecule has 0 spiro atoms. The molecular formula is C18H29NO4. The molecule has 0 unspecified atom stereocenters. The number of esters is 1. The van der Waals surface area contributed by atoms with Crippen LogP contribution in [0.3, 0.4) is 0 Å². The fourth-order valence-electron chi connectivity index (χ4n) is 1.79. The molecule has 1 rings (SSSR count). The smallest absolute Gasteiger partial charge is 0.357 e. The highest BCUT2D eigenvalue weighted by atomic mass is 16.5. The van der Waals surface area contributed by atoms with Crippen LogP contribution in [0.5, 0.6) is 11.5 Å². The van der Waals surface area contributed by atoms with Crippen molar-refractivity contribution in [3.63, 3.8) is 0 Å². The van der Waals surface area contributed by atoms with Crippen LogP contribution in [0.4, 0.5) is 0 Å². The normalized spacial score (nSPS) is 10.4. The lowest BCUT2D eigenvalue weighted by Gasteiger charge is -2.13. The Morgan fingerprint density at radius 1 is 0.913 bits per heavy atom. The van der Waals surface area contributed by atoms with E-state index in [-0.39, 0.29) is 5.69 Å². The Hall–Kier alpha value is -1.78. The monoisotopic (exact) mass is 323 g/mol. The molecule has 0 aromatic carbocycles. The first kappa shape index (κ1) is 19.3. The van der Waals surface area contributed by atoms with Gasteiger partial charge in [-0.3, -0.25) is 0 Å². The number of pyridine rings is 1. The maximum Gasteiger partial charge on any atom is 0.357 e. The first-order valence-corrected chi connectivity index (χ1v) is 8.65. The zero-order chi connectivity index (χ0) is 16.9. The molecule has 0 saturated carbocycles. The molecule has 1 aromatic rings. The summed E-state index contributed by atoms with van der Waals surface area (Å²) in [6, 6.07) is 1.62. The van der Waals surface area contributed by atoms with E-state index in [0.717, 1.165) is 38.5 Å². The maximum atomic E-state index is 12.0. The fraction of sp³-hybridized carbons (Fsp3) is 0.667. The Balaban J connectivity index is 2.76. The van der Waals surface area contributed by atoms with Crippen molar-refractivity contribution in [1.82, 2.24) is 4.98 Å². The molecule has 0 aliphatic rings. The van der Waals surface area contributed by atoms with Gasteiger partial charge in [-0.1, -0.05) is 40.0 Å². The van der Waals surface area contributed by atoms with E-state index < -0.39 is 5.97 Å². The Labute approximate surface area is 139 Å². The van der Waals surface area contributed by atoms with Gasteiger partial charge in [-0.05, 0) is 19.3 Å². The van der Waals surface area contributed by atoms with Crippen LogP contribution in [0.1, 0.15) is 69.8 Å². The van der Waals surface area contributed by atoms with Gasteiger partial charge in [0.05, 0.1) is 26.0 Å². The van der Waals surface area contributed by atoms with E-state index in [0.29, 0.717) is 31.3 Å². The van der Waals surface area contributed by atoms with Crippen molar-refractivity contribution in [3.8, 4) is 11.5 Å². The summed E-state index contributed by atoms with van der Waals surface area (Å²) in [5.74, 6) is 0.727. The van der Waals surface area contributed by atoms with E-state index in [1.165, 1.54) is 0 Å². The van der Waals surface area contributed by atoms with E-state index in [4.69, 9.17) is 14.2 Å². The zero-order valence-electron chi connectivity index (χ0n) is 14.6. The predicted octanol–water partition coefficient (Wildman–Crippen LogP) is 4.40. The number of aromatic nitrogens is 1. The van der Waals surface area contributed by atoms with Crippen molar-refractivity contribution in [1.29, 1.82) is 0 Å². The average Bonchev–Trinajstić information content (AvgIpc) is 2.56. The standard InChI is InChI=1S/C18H29NO4/c1-4-7-10-21-16-13-15(18(20)23-12-9-6-3)19-14-17(16)22-11-8-5-2/h13-14H,4-12H2,1-3H3. The highest BCUT2D eigenvalue weighted by Gasteiger charge is 2.14. The molecule has 23 heavy (non-hydrogen) atoms. The third-order valence-corrected chi connectivity index (χ3v) is 3.28. The van der Waals surface area contributed by atoms with Gasteiger partial charge in [0.2, 0.25) is 0 Å². The van der Waals surface area contributed by atoms with Gasteiger partial charge in [0.1, 0.15) is 0 Å². The molecule has 0 bridgehead atoms. The van der Waals surface area contributed by atoms with Gasteiger partial charge in [-0.15, -0.1) is 0 Å². The first-order valence-electron chi connectivity index (χ1n) is 8.65. The Morgan fingerprint density at radius 2 is 1.48 bits per heavy atom. The Bertz CT molecular complexity index is 462. The number of hydrogen-bond donors (Lipinski definition) is 0. The second-order valence-electron chi connectivity index (χ2n) is 5.41. The van der Waals surface area contributed by atoms with E-state index in [2.05, 4.69) is 18.8 Å². The molecular weight excluding hydrogens is 294 g/mol. The lowest BCUT2D eigenvalue weighted by atomic mass is 10.3. The fourth-order valence-corrected chi connectivity index (χ4v) is 1.79. The average molecular weight is 323 g/mol. The summed E-state index contributed by atoms with van der Waals surface area (Å²) in [7, 11) is 0. The number of ether oxygens (including phenoxy) is 3. The molecule has 0 N–H and O–H groups in total. The first-order chi connectivity index (χ1) is 11.2. The molecule has 0 amide bonds. The van der Waals surface area contributed by atoms with Crippen LogP contribution in [0, 0.1) is 0 Å². The number of carbonyl (C=O) groups is 1. The molecule has 0 fully saturated rings. The van der Waals surface area contributed by atoms with Crippen molar-refractivity contribution in [3.05, 3.63) is 18.0 Å². The maximum absolute atomic E-state index is 12.0. The van der Waals surface area contributed by atoms with Crippen LogP contribution >= 0.6 is 0 Å². The minimum Gasteiger partial charge on any atom is -0.490 e. The largest absolute Gasteiger partial charge is 0.490 e. The quantitative estimate of drug-likeness (QED) is 0.421. The summed E-state index contributed by atoms with van der Waals surface area (Å²) in [5, 5.41) is 0. The topological polar surface area (TPSA) is 57.7 Å². The second kappa shape index (κ2) is 11.7. The Kier molecular flexibility index (Phi) is 9.84. The minimum absolute atomic E-state index is 0.260. The van der Waals surface area contributed by atoms with Crippen LogP contribution < -0.4 is 9.47 Å². The molecule has 130 valence electrons. The third kappa shape index (κ3) is 7.35. The van der Waals surface area contributed by atoms with Gasteiger partial charge in [-0.2, -0.15) is 0 Å². The minimum atomic E-state index is -0.418. The zero-order valence-corrected chi connectivity index (χ0v) is 14.6. The molecule has 0 atom stereocenters. The van der Waals surface area contributed by atoms with Crippen LogP contribution in [-0.2, 0) is 4.74 Å². The van der Waals surface area contributed by atoms with E-state index in [1.54, 1.807) is 12.3 Å². The summed E-state index contributed by atoms with van der Waals surface area (Å²) in [4.78, 5) is 16.1. The SMILES string of the molecule is CCCCOC(=O)c1cc(OCCCC)c(OCCCC)cn1. The third-order valence-electron chi connectivity index (χ3n) is 3.28. The van der Waals surface area contributed by atoms with Gasteiger partial charge in [0.25, 0.3) is 0 Å². The highest BCUT2D eigenvalue weighted by molar-refractivity contribution is 5.87. The van der Waals surface area contributed by atoms with Gasteiger partial charge >= 0.3 is 5.97 Å². The molecule has 0 saturated heterocycles. The van der Waals surface area contributed by atoms with Crippen molar-refractivity contribution < 1.29 is 19.0 Å². The van der Waals surface area contributed by atoms with Gasteiger partial charge < -0.3 is 14.2 Å². The molecule has 0 aliphatic carbocycles. The number of rotatable bonds is 12. The summed E-state index contributed by atoms with van der Waals surface area (Å²) < 4.78 is 16.6. The lowest BCUT2D eigenvalue weighted by molar-refractivity contribution is 0.0492. The van der Waals surface area contributed by atoms with Gasteiger partial charge in [-0.25, -0.2) is 9.78 Å². The van der Waals surface area contributed by atoms with Crippen LogP contribution in [-0.4, -0.2) is 30.8 Å².